The maximum Gasteiger partial charge on any atom is 0.335 e. The summed E-state index contributed by atoms with van der Waals surface area (Å²) >= 11 is 5.95. The van der Waals surface area contributed by atoms with E-state index in [2.05, 4.69) is 13.8 Å². The van der Waals surface area contributed by atoms with Gasteiger partial charge in [-0.1, -0.05) is 25.4 Å². The van der Waals surface area contributed by atoms with Crippen LogP contribution in [0.1, 0.15) is 29.8 Å². The molecule has 2 nitrogen and oxygen atoms in total. The summed E-state index contributed by atoms with van der Waals surface area (Å²) in [6.07, 6.45) is 0.806. The lowest BCUT2D eigenvalue weighted by Gasteiger charge is -2.07. The summed E-state index contributed by atoms with van der Waals surface area (Å²) in [5.74, 6) is -0.441. The average molecular weight is 213 g/mol. The van der Waals surface area contributed by atoms with E-state index < -0.39 is 5.97 Å². The monoisotopic (exact) mass is 212 g/mol. The molecule has 0 aliphatic rings. The molecule has 3 heteroatoms. The first-order valence-electron chi connectivity index (χ1n) is 4.52. The molecule has 0 aliphatic carbocycles. The van der Waals surface area contributed by atoms with E-state index in [9.17, 15) is 4.79 Å². The number of carboxylic acid groups (broad SMARTS) is 1. The van der Waals surface area contributed by atoms with Crippen LogP contribution in [0, 0.1) is 5.92 Å². The number of aromatic carboxylic acids is 1. The quantitative estimate of drug-likeness (QED) is 0.835. The summed E-state index contributed by atoms with van der Waals surface area (Å²) in [5, 5.41) is 9.43. The fraction of sp³-hybridized carbons (Fsp3) is 0.364. The molecule has 0 radical (unpaired) electrons. The van der Waals surface area contributed by atoms with Gasteiger partial charge in [0.15, 0.2) is 0 Å². The Labute approximate surface area is 88.5 Å². The van der Waals surface area contributed by atoms with Crippen molar-refractivity contribution in [1.82, 2.24) is 0 Å². The highest BCUT2D eigenvalue weighted by Gasteiger charge is 2.08. The molecule has 0 fully saturated rings. The molecule has 0 spiro atoms. The lowest BCUT2D eigenvalue weighted by Crippen LogP contribution is -2.00. The van der Waals surface area contributed by atoms with Gasteiger partial charge in [-0.15, -0.1) is 0 Å². The van der Waals surface area contributed by atoms with Crippen LogP contribution in [0.4, 0.5) is 0 Å². The van der Waals surface area contributed by atoms with Crippen molar-refractivity contribution in [3.05, 3.63) is 34.3 Å². The molecular formula is C11H13ClO2. The Kier molecular flexibility index (Phi) is 3.53. The molecule has 0 aliphatic heterocycles. The van der Waals surface area contributed by atoms with Crippen molar-refractivity contribution in [2.24, 2.45) is 5.92 Å². The number of rotatable bonds is 3. The molecule has 1 aromatic carbocycles. The first kappa shape index (κ1) is 11.1. The van der Waals surface area contributed by atoms with E-state index in [1.54, 1.807) is 12.1 Å². The van der Waals surface area contributed by atoms with E-state index >= 15 is 0 Å². The van der Waals surface area contributed by atoms with Crippen LogP contribution < -0.4 is 0 Å². The van der Waals surface area contributed by atoms with E-state index in [-0.39, 0.29) is 0 Å². The van der Waals surface area contributed by atoms with Gasteiger partial charge >= 0.3 is 5.97 Å². The van der Waals surface area contributed by atoms with Crippen molar-refractivity contribution in [2.75, 3.05) is 0 Å². The van der Waals surface area contributed by atoms with E-state index in [1.807, 2.05) is 0 Å². The van der Waals surface area contributed by atoms with Crippen LogP contribution in [0.5, 0.6) is 0 Å². The molecule has 0 saturated heterocycles. The minimum absolute atomic E-state index is 0.296. The Bertz CT molecular complexity index is 345. The summed E-state index contributed by atoms with van der Waals surface area (Å²) in [4.78, 5) is 10.7. The molecular weight excluding hydrogens is 200 g/mol. The number of benzene rings is 1. The van der Waals surface area contributed by atoms with Crippen LogP contribution in [-0.2, 0) is 6.42 Å². The molecule has 14 heavy (non-hydrogen) atoms. The van der Waals surface area contributed by atoms with Gasteiger partial charge in [-0.2, -0.15) is 0 Å². The lowest BCUT2D eigenvalue weighted by molar-refractivity contribution is 0.0696. The minimum atomic E-state index is -0.910. The Hall–Kier alpha value is -1.02. The molecule has 76 valence electrons. The van der Waals surface area contributed by atoms with Crippen molar-refractivity contribution < 1.29 is 9.90 Å². The van der Waals surface area contributed by atoms with Crippen molar-refractivity contribution in [3.63, 3.8) is 0 Å². The van der Waals surface area contributed by atoms with Crippen LogP contribution >= 0.6 is 11.6 Å². The predicted octanol–water partition coefficient (Wildman–Crippen LogP) is 3.24. The first-order chi connectivity index (χ1) is 6.50. The van der Waals surface area contributed by atoms with E-state index in [0.717, 1.165) is 12.0 Å². The van der Waals surface area contributed by atoms with Crippen LogP contribution in [0.25, 0.3) is 0 Å². The number of carbonyl (C=O) groups is 1. The summed E-state index contributed by atoms with van der Waals surface area (Å²) in [7, 11) is 0. The largest absolute Gasteiger partial charge is 0.478 e. The third kappa shape index (κ3) is 2.74. The van der Waals surface area contributed by atoms with E-state index in [1.165, 1.54) is 6.07 Å². The Morgan fingerprint density at radius 2 is 2.14 bits per heavy atom. The highest BCUT2D eigenvalue weighted by Crippen LogP contribution is 2.20. The number of hydrogen-bond acceptors (Lipinski definition) is 1. The van der Waals surface area contributed by atoms with Crippen molar-refractivity contribution >= 4 is 17.6 Å². The third-order valence-electron chi connectivity index (χ3n) is 1.92. The van der Waals surface area contributed by atoms with Gasteiger partial charge in [-0.3, -0.25) is 0 Å². The summed E-state index contributed by atoms with van der Waals surface area (Å²) in [6.45, 7) is 4.15. The second kappa shape index (κ2) is 4.47. The molecule has 0 aromatic heterocycles. The zero-order valence-corrected chi connectivity index (χ0v) is 9.01. The van der Waals surface area contributed by atoms with Crippen LogP contribution in [0.15, 0.2) is 18.2 Å². The molecule has 0 heterocycles. The fourth-order valence-corrected chi connectivity index (χ4v) is 1.50. The van der Waals surface area contributed by atoms with Crippen molar-refractivity contribution in [3.8, 4) is 0 Å². The Morgan fingerprint density at radius 3 is 2.64 bits per heavy atom. The molecule has 0 bridgehead atoms. The van der Waals surface area contributed by atoms with Gasteiger partial charge < -0.3 is 5.11 Å². The highest BCUT2D eigenvalue weighted by atomic mass is 35.5. The number of carboxylic acids is 1. The van der Waals surface area contributed by atoms with Gasteiger partial charge in [0.25, 0.3) is 0 Å². The van der Waals surface area contributed by atoms with Gasteiger partial charge in [0, 0.05) is 5.02 Å². The van der Waals surface area contributed by atoms with Gasteiger partial charge in [-0.05, 0) is 36.1 Å². The van der Waals surface area contributed by atoms with Gasteiger partial charge in [0.05, 0.1) is 5.56 Å². The van der Waals surface area contributed by atoms with Crippen molar-refractivity contribution in [2.45, 2.75) is 20.3 Å². The highest BCUT2D eigenvalue weighted by molar-refractivity contribution is 6.31. The predicted molar refractivity (Wildman–Crippen MR) is 57.0 cm³/mol. The Morgan fingerprint density at radius 1 is 1.50 bits per heavy atom. The van der Waals surface area contributed by atoms with E-state index in [0.29, 0.717) is 16.5 Å². The number of halogens is 1. The average Bonchev–Trinajstić information content (AvgIpc) is 2.07. The van der Waals surface area contributed by atoms with Gasteiger partial charge in [0.2, 0.25) is 0 Å². The molecule has 0 atom stereocenters. The summed E-state index contributed by atoms with van der Waals surface area (Å²) in [6, 6.07) is 4.81. The van der Waals surface area contributed by atoms with Crippen LogP contribution in [0.2, 0.25) is 5.02 Å². The maximum atomic E-state index is 10.7. The molecule has 1 N–H and O–H groups in total. The van der Waals surface area contributed by atoms with Crippen LogP contribution in [-0.4, -0.2) is 11.1 Å². The molecule has 0 unspecified atom stereocenters. The summed E-state index contributed by atoms with van der Waals surface area (Å²) < 4.78 is 0. The van der Waals surface area contributed by atoms with Gasteiger partial charge in [0.1, 0.15) is 0 Å². The van der Waals surface area contributed by atoms with Crippen LogP contribution in [0.3, 0.4) is 0 Å². The first-order valence-corrected chi connectivity index (χ1v) is 4.90. The second-order valence-electron chi connectivity index (χ2n) is 3.71. The third-order valence-corrected chi connectivity index (χ3v) is 2.29. The molecule has 1 rings (SSSR count). The number of hydrogen-bond donors (Lipinski definition) is 1. The lowest BCUT2D eigenvalue weighted by atomic mass is 10.0. The topological polar surface area (TPSA) is 37.3 Å². The standard InChI is InChI=1S/C11H13ClO2/c1-7(2)5-9-6-8(11(13)14)3-4-10(9)12/h3-4,6-7H,5H2,1-2H3,(H,13,14). The molecule has 1 aromatic rings. The van der Waals surface area contributed by atoms with E-state index in [4.69, 9.17) is 16.7 Å². The SMILES string of the molecule is CC(C)Cc1cc(C(=O)O)ccc1Cl. The zero-order valence-electron chi connectivity index (χ0n) is 8.25. The maximum absolute atomic E-state index is 10.7. The van der Waals surface area contributed by atoms with Crippen molar-refractivity contribution in [1.29, 1.82) is 0 Å². The Balaban J connectivity index is 3.02. The van der Waals surface area contributed by atoms with Gasteiger partial charge in [-0.25, -0.2) is 4.79 Å². The normalized spacial score (nSPS) is 10.6. The molecule has 0 amide bonds. The zero-order chi connectivity index (χ0) is 10.7. The molecule has 0 saturated carbocycles. The minimum Gasteiger partial charge on any atom is -0.478 e. The summed E-state index contributed by atoms with van der Waals surface area (Å²) in [5.41, 5.74) is 1.20. The second-order valence-corrected chi connectivity index (χ2v) is 4.12. The fourth-order valence-electron chi connectivity index (χ4n) is 1.30. The smallest absolute Gasteiger partial charge is 0.335 e.